The molecule has 1 unspecified atom stereocenters. The Kier molecular flexibility index (Phi) is 5.12. The number of hydrogen-bond donors (Lipinski definition) is 0. The van der Waals surface area contributed by atoms with Gasteiger partial charge in [0.25, 0.3) is 0 Å². The predicted octanol–water partition coefficient (Wildman–Crippen LogP) is 11.6. The van der Waals surface area contributed by atoms with Crippen molar-refractivity contribution in [1.82, 2.24) is 0 Å². The van der Waals surface area contributed by atoms with Gasteiger partial charge in [-0.25, -0.2) is 0 Å². The van der Waals surface area contributed by atoms with E-state index in [9.17, 15) is 0 Å². The Morgan fingerprint density at radius 2 is 1.12 bits per heavy atom. The Morgan fingerprint density at radius 1 is 0.500 bits per heavy atom. The van der Waals surface area contributed by atoms with Gasteiger partial charge in [-0.15, -0.1) is 0 Å². The lowest BCUT2D eigenvalue weighted by molar-refractivity contribution is 0.861. The van der Waals surface area contributed by atoms with Crippen LogP contribution in [0.25, 0.3) is 79.5 Å². The van der Waals surface area contributed by atoms with Gasteiger partial charge in [-0.2, -0.15) is 0 Å². The minimum absolute atomic E-state index is 0.502. The fraction of sp³-hybridized carbons (Fsp3) is 0.0476. The summed E-state index contributed by atoms with van der Waals surface area (Å²) in [5, 5.41) is 10.7. The molecule has 1 atom stereocenters. The molecule has 2 aliphatic carbocycles. The lowest BCUT2D eigenvalue weighted by Gasteiger charge is -2.26. The van der Waals surface area contributed by atoms with Crippen molar-refractivity contribution >= 4 is 79.5 Å². The van der Waals surface area contributed by atoms with Gasteiger partial charge >= 0.3 is 0 Å². The van der Waals surface area contributed by atoms with Gasteiger partial charge in [0.1, 0.15) is 0 Å². The van der Waals surface area contributed by atoms with Crippen LogP contribution < -0.4 is 0 Å². The van der Waals surface area contributed by atoms with Crippen molar-refractivity contribution in [2.75, 3.05) is 0 Å². The van der Waals surface area contributed by atoms with Crippen molar-refractivity contribution in [1.29, 1.82) is 0 Å². The summed E-state index contributed by atoms with van der Waals surface area (Å²) in [6.45, 7) is 0. The van der Waals surface area contributed by atoms with Crippen molar-refractivity contribution in [3.8, 4) is 0 Å². The molecule has 0 saturated carbocycles. The van der Waals surface area contributed by atoms with Gasteiger partial charge in [-0.3, -0.25) is 0 Å². The molecule has 0 spiro atoms. The van der Waals surface area contributed by atoms with Gasteiger partial charge in [0.2, 0.25) is 0 Å². The second kappa shape index (κ2) is 9.16. The lowest BCUT2D eigenvalue weighted by atomic mass is 9.78. The van der Waals surface area contributed by atoms with E-state index in [0.29, 0.717) is 5.92 Å². The Hall–Kier alpha value is -5.20. The molecule has 0 saturated heterocycles. The minimum atomic E-state index is 0.502. The molecular weight excluding hydrogens is 504 g/mol. The van der Waals surface area contributed by atoms with Crippen LogP contribution in [0.1, 0.15) is 51.3 Å². The summed E-state index contributed by atoms with van der Waals surface area (Å²) in [6.07, 6.45) is 19.4. The highest BCUT2D eigenvalue weighted by molar-refractivity contribution is 6.24. The Labute approximate surface area is 245 Å². The molecule has 0 heteroatoms. The molecule has 0 fully saturated rings. The van der Waals surface area contributed by atoms with Crippen LogP contribution in [-0.2, 0) is 0 Å². The second-order valence-electron chi connectivity index (χ2n) is 11.7. The van der Waals surface area contributed by atoms with Crippen LogP contribution in [0.15, 0.2) is 115 Å². The van der Waals surface area contributed by atoms with E-state index in [1.54, 1.807) is 0 Å². The summed E-state index contributed by atoms with van der Waals surface area (Å²) in [5.41, 5.74) is 9.16. The first-order valence-corrected chi connectivity index (χ1v) is 14.9. The molecule has 2 aliphatic rings. The molecule has 7 aromatic rings. The fourth-order valence-electron chi connectivity index (χ4n) is 7.22. The molecule has 0 amide bonds. The van der Waals surface area contributed by atoms with E-state index in [2.05, 4.69) is 152 Å². The smallest absolute Gasteiger partial charge is 0.00682 e. The van der Waals surface area contributed by atoms with E-state index >= 15 is 0 Å². The van der Waals surface area contributed by atoms with Crippen LogP contribution in [-0.4, -0.2) is 0 Å². The summed E-state index contributed by atoms with van der Waals surface area (Å²) in [6, 6.07) is 38.0. The van der Waals surface area contributed by atoms with E-state index in [1.165, 1.54) is 82.0 Å². The van der Waals surface area contributed by atoms with Crippen LogP contribution in [0.2, 0.25) is 0 Å². The van der Waals surface area contributed by atoms with Gasteiger partial charge in [-0.05, 0) is 88.5 Å². The minimum Gasteiger partial charge on any atom is -0.0830 e. The van der Waals surface area contributed by atoms with E-state index in [0.717, 1.165) is 6.42 Å². The first-order chi connectivity index (χ1) is 20.8. The molecule has 0 bridgehead atoms. The average molecular weight is 533 g/mol. The van der Waals surface area contributed by atoms with Gasteiger partial charge in [0.05, 0.1) is 0 Å². The number of allylic oxidation sites excluding steroid dienone is 2. The normalized spacial score (nSPS) is 15.9. The summed E-state index contributed by atoms with van der Waals surface area (Å²) < 4.78 is 0. The number of rotatable bonds is 4. The zero-order valence-corrected chi connectivity index (χ0v) is 23.2. The summed E-state index contributed by atoms with van der Waals surface area (Å²) in [5.74, 6) is 0.502. The number of hydrogen-bond acceptors (Lipinski definition) is 0. The molecule has 0 aliphatic heterocycles. The van der Waals surface area contributed by atoms with E-state index in [4.69, 9.17) is 0 Å². The van der Waals surface area contributed by atoms with Crippen LogP contribution in [0.5, 0.6) is 0 Å². The SMILES string of the molecule is C1=Cc2ccc3ccc(C=Cc4ccc(C=Cc5ccc6ccc7cccc8ccc5c6c78)cc4)c4c3c2C(C=C4)C1. The lowest BCUT2D eigenvalue weighted by Crippen LogP contribution is -2.07. The van der Waals surface area contributed by atoms with Gasteiger partial charge in [-0.1, -0.05) is 152 Å². The largest absolute Gasteiger partial charge is 0.0830 e. The third-order valence-electron chi connectivity index (χ3n) is 9.30. The summed E-state index contributed by atoms with van der Waals surface area (Å²) >= 11 is 0. The molecule has 7 aromatic carbocycles. The zero-order valence-electron chi connectivity index (χ0n) is 23.2. The first kappa shape index (κ1) is 23.5. The van der Waals surface area contributed by atoms with Crippen LogP contribution in [0.3, 0.4) is 0 Å². The van der Waals surface area contributed by atoms with E-state index < -0.39 is 0 Å². The maximum absolute atomic E-state index is 2.39. The third kappa shape index (κ3) is 3.62. The van der Waals surface area contributed by atoms with E-state index in [1.807, 2.05) is 0 Å². The molecule has 196 valence electrons. The van der Waals surface area contributed by atoms with Gasteiger partial charge in [0.15, 0.2) is 0 Å². The quantitative estimate of drug-likeness (QED) is 0.156. The molecule has 9 rings (SSSR count). The summed E-state index contributed by atoms with van der Waals surface area (Å²) in [4.78, 5) is 0. The van der Waals surface area contributed by atoms with Crippen LogP contribution in [0.4, 0.5) is 0 Å². The van der Waals surface area contributed by atoms with Crippen molar-refractivity contribution in [3.63, 3.8) is 0 Å². The van der Waals surface area contributed by atoms with Crippen molar-refractivity contribution in [3.05, 3.63) is 154 Å². The summed E-state index contributed by atoms with van der Waals surface area (Å²) in [7, 11) is 0. The predicted molar refractivity (Wildman–Crippen MR) is 184 cm³/mol. The van der Waals surface area contributed by atoms with Crippen molar-refractivity contribution in [2.45, 2.75) is 12.3 Å². The van der Waals surface area contributed by atoms with Gasteiger partial charge < -0.3 is 0 Å². The van der Waals surface area contributed by atoms with Crippen molar-refractivity contribution < 1.29 is 0 Å². The molecule has 0 nitrogen and oxygen atoms in total. The zero-order chi connectivity index (χ0) is 27.6. The molecular formula is C42H28. The molecule has 0 aromatic heterocycles. The second-order valence-corrected chi connectivity index (χ2v) is 11.7. The average Bonchev–Trinajstić information content (AvgIpc) is 3.05. The topological polar surface area (TPSA) is 0 Å². The number of benzene rings is 7. The first-order valence-electron chi connectivity index (χ1n) is 14.9. The molecule has 0 heterocycles. The van der Waals surface area contributed by atoms with Crippen LogP contribution >= 0.6 is 0 Å². The Bertz CT molecular complexity index is 2290. The Balaban J connectivity index is 1.02. The fourth-order valence-corrected chi connectivity index (χ4v) is 7.22. The maximum atomic E-state index is 2.39. The molecule has 42 heavy (non-hydrogen) atoms. The van der Waals surface area contributed by atoms with E-state index in [-0.39, 0.29) is 0 Å². The highest BCUT2D eigenvalue weighted by atomic mass is 14.3. The Morgan fingerprint density at radius 3 is 1.90 bits per heavy atom. The maximum Gasteiger partial charge on any atom is 0.00682 e. The van der Waals surface area contributed by atoms with Crippen LogP contribution in [0, 0.1) is 0 Å². The molecule has 0 radical (unpaired) electrons. The third-order valence-corrected chi connectivity index (χ3v) is 9.30. The molecule has 0 N–H and O–H groups in total. The van der Waals surface area contributed by atoms with Gasteiger partial charge in [0, 0.05) is 5.92 Å². The monoisotopic (exact) mass is 532 g/mol. The van der Waals surface area contributed by atoms with Crippen molar-refractivity contribution in [2.24, 2.45) is 0 Å². The highest BCUT2D eigenvalue weighted by Crippen LogP contribution is 2.43. The highest BCUT2D eigenvalue weighted by Gasteiger charge is 2.23. The standard InChI is InChI=1S/C42H28/c1-3-31-19-21-35-17-15-29(37-25-23-33(5-1)39(31)41(35)37)13-11-27-7-9-28(10-8-27)12-14-30-16-18-36-22-20-32-4-2-6-34-24-26-38(30)42(36)40(32)34/h1-5,7-26,34H,6H2.